The fourth-order valence-corrected chi connectivity index (χ4v) is 6.36. The van der Waals surface area contributed by atoms with Crippen molar-refractivity contribution in [2.75, 3.05) is 7.05 Å². The molecule has 0 radical (unpaired) electrons. The number of rotatable bonds is 7. The third-order valence-corrected chi connectivity index (χ3v) is 8.79. The maximum absolute atomic E-state index is 13.1. The monoisotopic (exact) mass is 539 g/mol. The number of benzene rings is 4. The molecule has 7 heteroatoms. The molecule has 0 saturated heterocycles. The van der Waals surface area contributed by atoms with Gasteiger partial charge in [0.1, 0.15) is 18.8 Å². The van der Waals surface area contributed by atoms with Crippen LogP contribution >= 0.6 is 0 Å². The number of para-hydroxylation sites is 1. The van der Waals surface area contributed by atoms with Crippen molar-refractivity contribution in [2.45, 2.75) is 37.1 Å². The van der Waals surface area contributed by atoms with Gasteiger partial charge in [0, 0.05) is 23.3 Å². The Labute approximate surface area is 229 Å². The summed E-state index contributed by atoms with van der Waals surface area (Å²) in [4.78, 5) is 13.2. The van der Waals surface area contributed by atoms with Crippen molar-refractivity contribution in [3.63, 3.8) is 0 Å². The number of ether oxygens (including phenoxy) is 1. The van der Waals surface area contributed by atoms with Crippen molar-refractivity contribution in [1.82, 2.24) is 4.72 Å². The molecule has 0 amide bonds. The van der Waals surface area contributed by atoms with Gasteiger partial charge in [-0.2, -0.15) is 9.30 Å². The molecule has 1 aliphatic rings. The molecule has 0 saturated carbocycles. The molecule has 4 aromatic rings. The third kappa shape index (κ3) is 5.03. The number of allylic oxidation sites excluding steroid dienone is 1. The summed E-state index contributed by atoms with van der Waals surface area (Å²) in [5, 5.41) is 1.93. The van der Waals surface area contributed by atoms with Gasteiger partial charge in [0.2, 0.25) is 15.7 Å². The van der Waals surface area contributed by atoms with E-state index in [2.05, 4.69) is 54.5 Å². The Balaban J connectivity index is 1.48. The Morgan fingerprint density at radius 1 is 0.897 bits per heavy atom. The predicted octanol–water partition coefficient (Wildman–Crippen LogP) is 5.83. The van der Waals surface area contributed by atoms with Crippen molar-refractivity contribution >= 4 is 44.2 Å². The van der Waals surface area contributed by atoms with E-state index >= 15 is 0 Å². The summed E-state index contributed by atoms with van der Waals surface area (Å²) < 4.78 is 35.9. The Hall–Kier alpha value is -4.07. The summed E-state index contributed by atoms with van der Waals surface area (Å²) in [6, 6.07) is 26.7. The number of fused-ring (bicyclic) bond motifs is 2. The lowest BCUT2D eigenvalue weighted by Crippen LogP contribution is -2.40. The minimum Gasteiger partial charge on any atom is -0.425 e. The smallest absolute Gasteiger partial charge is 0.329 e. The number of hydrogen-bond donors (Lipinski definition) is 1. The largest absolute Gasteiger partial charge is 0.425 e. The number of nitrogens with zero attached hydrogens (tertiary/aromatic N) is 1. The van der Waals surface area contributed by atoms with Crippen LogP contribution in [0.15, 0.2) is 102 Å². The molecular formula is C32H31N2O4S+. The summed E-state index contributed by atoms with van der Waals surface area (Å²) in [7, 11) is -1.83. The molecule has 0 aromatic heterocycles. The maximum Gasteiger partial charge on any atom is 0.329 e. The first kappa shape index (κ1) is 26.5. The fourth-order valence-electron chi connectivity index (χ4n) is 5.15. The second kappa shape index (κ2) is 10.2. The standard InChI is InChI=1S/C32H31N2O4S/c1-22(33-39(36,37)24-13-6-5-7-14-24)31(35)38-29-20-18-23-12-8-9-15-25(23)26(29)19-21-30-32(2,3)27-16-10-11-17-28(27)34(30)4/h5-22,33H,1-4H3/q+1/b21-19+. The molecule has 1 unspecified atom stereocenters. The van der Waals surface area contributed by atoms with E-state index < -0.39 is 22.0 Å². The van der Waals surface area contributed by atoms with Gasteiger partial charge in [0.15, 0.2) is 5.71 Å². The first-order chi connectivity index (χ1) is 18.6. The molecule has 0 aliphatic carbocycles. The number of nitrogens with one attached hydrogen (secondary N) is 1. The van der Waals surface area contributed by atoms with Crippen LogP contribution in [-0.2, 0) is 20.2 Å². The van der Waals surface area contributed by atoms with Crippen molar-refractivity contribution in [3.8, 4) is 5.75 Å². The van der Waals surface area contributed by atoms with Crippen molar-refractivity contribution in [1.29, 1.82) is 0 Å². The van der Waals surface area contributed by atoms with Crippen molar-refractivity contribution in [3.05, 3.63) is 108 Å². The molecule has 1 aliphatic heterocycles. The van der Waals surface area contributed by atoms with E-state index in [1.165, 1.54) is 24.6 Å². The van der Waals surface area contributed by atoms with E-state index in [1.807, 2.05) is 42.5 Å². The molecule has 0 spiro atoms. The Kier molecular flexibility index (Phi) is 6.97. The highest BCUT2D eigenvalue weighted by Crippen LogP contribution is 2.39. The van der Waals surface area contributed by atoms with Crippen LogP contribution in [0.2, 0.25) is 0 Å². The van der Waals surface area contributed by atoms with Gasteiger partial charge in [0.25, 0.3) is 0 Å². The zero-order valence-electron chi connectivity index (χ0n) is 22.4. The summed E-state index contributed by atoms with van der Waals surface area (Å²) in [6.07, 6.45) is 4.05. The minimum absolute atomic E-state index is 0.0836. The molecule has 6 nitrogen and oxygen atoms in total. The van der Waals surface area contributed by atoms with Crippen LogP contribution in [0.5, 0.6) is 5.75 Å². The van der Waals surface area contributed by atoms with Crippen molar-refractivity contribution in [2.24, 2.45) is 0 Å². The van der Waals surface area contributed by atoms with E-state index in [0.717, 1.165) is 27.7 Å². The number of esters is 1. The van der Waals surface area contributed by atoms with E-state index in [4.69, 9.17) is 4.74 Å². The minimum atomic E-state index is -3.88. The van der Waals surface area contributed by atoms with E-state index in [9.17, 15) is 13.2 Å². The van der Waals surface area contributed by atoms with Crippen LogP contribution in [0, 0.1) is 0 Å². The van der Waals surface area contributed by atoms with Crippen LogP contribution < -0.4 is 9.46 Å². The molecule has 1 atom stereocenters. The van der Waals surface area contributed by atoms with Crippen LogP contribution in [0.25, 0.3) is 16.8 Å². The third-order valence-electron chi connectivity index (χ3n) is 7.23. The average Bonchev–Trinajstić information content (AvgIpc) is 3.12. The molecular weight excluding hydrogens is 508 g/mol. The quantitative estimate of drug-likeness (QED) is 0.182. The summed E-state index contributed by atoms with van der Waals surface area (Å²) in [6.45, 7) is 5.86. The summed E-state index contributed by atoms with van der Waals surface area (Å²) in [5.41, 5.74) is 4.04. The zero-order valence-corrected chi connectivity index (χ0v) is 23.2. The molecule has 39 heavy (non-hydrogen) atoms. The van der Waals surface area contributed by atoms with Crippen LogP contribution in [0.1, 0.15) is 31.9 Å². The average molecular weight is 540 g/mol. The SMILES string of the molecule is CC(NS(=O)(=O)c1ccccc1)C(=O)Oc1ccc2ccccc2c1/C=C/C1=[N+](C)c2ccccc2C1(C)C. The van der Waals surface area contributed by atoms with Crippen LogP contribution in [0.4, 0.5) is 5.69 Å². The van der Waals surface area contributed by atoms with E-state index in [0.29, 0.717) is 5.75 Å². The van der Waals surface area contributed by atoms with Gasteiger partial charge in [-0.15, -0.1) is 0 Å². The normalized spacial score (nSPS) is 15.5. The Morgan fingerprint density at radius 3 is 2.31 bits per heavy atom. The highest BCUT2D eigenvalue weighted by atomic mass is 32.2. The molecule has 198 valence electrons. The number of hydrogen-bond acceptors (Lipinski definition) is 4. The highest BCUT2D eigenvalue weighted by Gasteiger charge is 2.42. The lowest BCUT2D eigenvalue weighted by molar-refractivity contribution is -0.401. The first-order valence-electron chi connectivity index (χ1n) is 12.8. The van der Waals surface area contributed by atoms with Gasteiger partial charge in [-0.05, 0) is 55.8 Å². The van der Waals surface area contributed by atoms with Gasteiger partial charge < -0.3 is 4.74 Å². The zero-order chi connectivity index (χ0) is 27.8. The van der Waals surface area contributed by atoms with Gasteiger partial charge in [0.05, 0.1) is 10.3 Å². The first-order valence-corrected chi connectivity index (χ1v) is 14.3. The number of carbonyl (C=O) groups excluding carboxylic acids is 1. The molecule has 0 bridgehead atoms. The lowest BCUT2D eigenvalue weighted by Gasteiger charge is -2.17. The molecule has 4 aromatic carbocycles. The number of carbonyl (C=O) groups is 1. The topological polar surface area (TPSA) is 75.5 Å². The molecule has 1 heterocycles. The van der Waals surface area contributed by atoms with E-state index in [1.54, 1.807) is 24.3 Å². The van der Waals surface area contributed by atoms with Gasteiger partial charge in [-0.3, -0.25) is 0 Å². The second-order valence-corrected chi connectivity index (χ2v) is 11.9. The Bertz CT molecular complexity index is 1740. The highest BCUT2D eigenvalue weighted by molar-refractivity contribution is 7.89. The number of sulfonamides is 1. The fraction of sp³-hybridized carbons (Fsp3) is 0.188. The van der Waals surface area contributed by atoms with Crippen molar-refractivity contribution < 1.29 is 22.5 Å². The van der Waals surface area contributed by atoms with Gasteiger partial charge in [-0.25, -0.2) is 13.2 Å². The van der Waals surface area contributed by atoms with Gasteiger partial charge >= 0.3 is 5.97 Å². The summed E-state index contributed by atoms with van der Waals surface area (Å²) in [5.74, 6) is -0.338. The predicted molar refractivity (Wildman–Crippen MR) is 155 cm³/mol. The summed E-state index contributed by atoms with van der Waals surface area (Å²) >= 11 is 0. The van der Waals surface area contributed by atoms with Crippen LogP contribution in [-0.4, -0.2) is 37.8 Å². The molecule has 5 rings (SSSR count). The van der Waals surface area contributed by atoms with Gasteiger partial charge in [-0.1, -0.05) is 66.7 Å². The van der Waals surface area contributed by atoms with E-state index in [-0.39, 0.29) is 10.3 Å². The maximum atomic E-state index is 13.1. The molecule has 0 fully saturated rings. The van der Waals surface area contributed by atoms with Crippen LogP contribution in [0.3, 0.4) is 0 Å². The second-order valence-electron chi connectivity index (χ2n) is 10.2. The molecule has 1 N–H and O–H groups in total. The lowest BCUT2D eigenvalue weighted by atomic mass is 9.81. The Morgan fingerprint density at radius 2 is 1.56 bits per heavy atom.